The van der Waals surface area contributed by atoms with E-state index in [1.807, 2.05) is 0 Å². The van der Waals surface area contributed by atoms with Gasteiger partial charge in [-0.05, 0) is 61.4 Å². The first-order valence-corrected chi connectivity index (χ1v) is 9.56. The molecule has 1 heterocycles. The van der Waals surface area contributed by atoms with E-state index < -0.39 is 0 Å². The van der Waals surface area contributed by atoms with Crippen molar-refractivity contribution in [2.45, 2.75) is 27.7 Å². The van der Waals surface area contributed by atoms with E-state index in [9.17, 15) is 0 Å². The lowest BCUT2D eigenvalue weighted by Crippen LogP contribution is -1.98. The minimum Gasteiger partial charge on any atom is -0.308 e. The number of aryl methyl sites for hydroxylation is 4. The second-order valence-corrected chi connectivity index (χ2v) is 7.66. The molecule has 1 aromatic heterocycles. The molecule has 1 nitrogen and oxygen atoms in total. The zero-order valence-electron chi connectivity index (χ0n) is 16.3. The van der Waals surface area contributed by atoms with Gasteiger partial charge in [-0.3, -0.25) is 0 Å². The Bertz CT molecular complexity index is 1350. The molecular weight excluding hydrogens is 326 g/mol. The standard InChI is InChI=1S/C26H23N/c1-16-14-15-22-24-17(2)12-13-18(3)25(24)27(26(22)19(16)4)23-11-7-9-20-8-5-6-10-21(20)23/h5-15H,1-4H3. The molecule has 0 aliphatic heterocycles. The number of fused-ring (bicyclic) bond motifs is 4. The predicted molar refractivity (Wildman–Crippen MR) is 117 cm³/mol. The number of nitrogens with zero attached hydrogens (tertiary/aromatic N) is 1. The first-order valence-electron chi connectivity index (χ1n) is 9.56. The second kappa shape index (κ2) is 5.72. The molecule has 5 aromatic rings. The van der Waals surface area contributed by atoms with Crippen molar-refractivity contribution < 1.29 is 0 Å². The van der Waals surface area contributed by atoms with Crippen LogP contribution in [0.4, 0.5) is 0 Å². The highest BCUT2D eigenvalue weighted by molar-refractivity contribution is 6.14. The second-order valence-electron chi connectivity index (χ2n) is 7.66. The van der Waals surface area contributed by atoms with Crippen LogP contribution in [-0.2, 0) is 0 Å². The van der Waals surface area contributed by atoms with Crippen LogP contribution in [0.15, 0.2) is 66.7 Å². The number of rotatable bonds is 1. The van der Waals surface area contributed by atoms with Crippen LogP contribution in [0, 0.1) is 27.7 Å². The molecular formula is C26H23N. The summed E-state index contributed by atoms with van der Waals surface area (Å²) >= 11 is 0. The van der Waals surface area contributed by atoms with Gasteiger partial charge in [0, 0.05) is 16.2 Å². The average Bonchev–Trinajstić information content (AvgIpc) is 3.04. The highest BCUT2D eigenvalue weighted by Gasteiger charge is 2.19. The number of aromatic nitrogens is 1. The minimum absolute atomic E-state index is 1.26. The van der Waals surface area contributed by atoms with Crippen LogP contribution >= 0.6 is 0 Å². The third-order valence-corrected chi connectivity index (χ3v) is 6.01. The average molecular weight is 349 g/mol. The summed E-state index contributed by atoms with van der Waals surface area (Å²) in [7, 11) is 0. The smallest absolute Gasteiger partial charge is 0.0573 e. The van der Waals surface area contributed by atoms with Gasteiger partial charge < -0.3 is 4.57 Å². The predicted octanol–water partition coefficient (Wildman–Crippen LogP) is 7.17. The first kappa shape index (κ1) is 16.1. The van der Waals surface area contributed by atoms with Crippen LogP contribution in [0.3, 0.4) is 0 Å². The normalized spacial score (nSPS) is 11.7. The lowest BCUT2D eigenvalue weighted by molar-refractivity contribution is 1.16. The molecule has 1 heteroatoms. The van der Waals surface area contributed by atoms with Crippen LogP contribution in [0.5, 0.6) is 0 Å². The molecule has 4 aromatic carbocycles. The fourth-order valence-corrected chi connectivity index (χ4v) is 4.47. The van der Waals surface area contributed by atoms with Gasteiger partial charge in [-0.15, -0.1) is 0 Å². The lowest BCUT2D eigenvalue weighted by atomic mass is 10.0. The summed E-state index contributed by atoms with van der Waals surface area (Å²) in [4.78, 5) is 0. The highest BCUT2D eigenvalue weighted by Crippen LogP contribution is 2.39. The van der Waals surface area contributed by atoms with Gasteiger partial charge in [-0.25, -0.2) is 0 Å². The van der Waals surface area contributed by atoms with Gasteiger partial charge in [0.1, 0.15) is 0 Å². The van der Waals surface area contributed by atoms with Gasteiger partial charge >= 0.3 is 0 Å². The molecule has 132 valence electrons. The Morgan fingerprint density at radius 2 is 1.26 bits per heavy atom. The SMILES string of the molecule is Cc1ccc2c3c(C)ccc(C)c3n(-c3cccc4ccccc34)c2c1C. The topological polar surface area (TPSA) is 4.93 Å². The van der Waals surface area contributed by atoms with Gasteiger partial charge in [-0.1, -0.05) is 60.7 Å². The van der Waals surface area contributed by atoms with Crippen molar-refractivity contribution >= 4 is 32.6 Å². The molecule has 0 N–H and O–H groups in total. The van der Waals surface area contributed by atoms with Gasteiger partial charge in [0.15, 0.2) is 0 Å². The summed E-state index contributed by atoms with van der Waals surface area (Å²) in [6, 6.07) is 24.4. The van der Waals surface area contributed by atoms with E-state index in [0.29, 0.717) is 0 Å². The quantitative estimate of drug-likeness (QED) is 0.302. The summed E-state index contributed by atoms with van der Waals surface area (Å²) < 4.78 is 2.50. The van der Waals surface area contributed by atoms with Crippen LogP contribution in [-0.4, -0.2) is 4.57 Å². The van der Waals surface area contributed by atoms with Crippen LogP contribution in [0.25, 0.3) is 38.3 Å². The van der Waals surface area contributed by atoms with Gasteiger partial charge in [-0.2, -0.15) is 0 Å². The van der Waals surface area contributed by atoms with Gasteiger partial charge in [0.25, 0.3) is 0 Å². The Morgan fingerprint density at radius 1 is 0.556 bits per heavy atom. The van der Waals surface area contributed by atoms with E-state index in [1.165, 1.54) is 60.5 Å². The molecule has 27 heavy (non-hydrogen) atoms. The molecule has 0 amide bonds. The summed E-state index contributed by atoms with van der Waals surface area (Å²) in [5, 5.41) is 5.30. The summed E-state index contributed by atoms with van der Waals surface area (Å²) in [6.07, 6.45) is 0. The Kier molecular flexibility index (Phi) is 3.42. The van der Waals surface area contributed by atoms with Crippen LogP contribution < -0.4 is 0 Å². The summed E-state index contributed by atoms with van der Waals surface area (Å²) in [5.41, 5.74) is 9.27. The molecule has 0 radical (unpaired) electrons. The molecule has 0 unspecified atom stereocenters. The molecule has 0 saturated heterocycles. The van der Waals surface area contributed by atoms with Crippen molar-refractivity contribution in [3.63, 3.8) is 0 Å². The number of benzene rings is 4. The molecule has 0 spiro atoms. The third-order valence-electron chi connectivity index (χ3n) is 6.01. The maximum absolute atomic E-state index is 2.50. The van der Waals surface area contributed by atoms with Crippen molar-refractivity contribution in [1.29, 1.82) is 0 Å². The fourth-order valence-electron chi connectivity index (χ4n) is 4.47. The van der Waals surface area contributed by atoms with Crippen LogP contribution in [0.1, 0.15) is 22.3 Å². The van der Waals surface area contributed by atoms with Gasteiger partial charge in [0.05, 0.1) is 16.7 Å². The maximum Gasteiger partial charge on any atom is 0.0573 e. The van der Waals surface area contributed by atoms with Gasteiger partial charge in [0.2, 0.25) is 0 Å². The Balaban J connectivity index is 2.11. The Morgan fingerprint density at radius 3 is 2.11 bits per heavy atom. The fraction of sp³-hybridized carbons (Fsp3) is 0.154. The van der Waals surface area contributed by atoms with Crippen molar-refractivity contribution in [2.75, 3.05) is 0 Å². The van der Waals surface area contributed by atoms with Crippen LogP contribution in [0.2, 0.25) is 0 Å². The molecule has 0 atom stereocenters. The monoisotopic (exact) mass is 349 g/mol. The van der Waals surface area contributed by atoms with E-state index in [-0.39, 0.29) is 0 Å². The number of hydrogen-bond donors (Lipinski definition) is 0. The first-order chi connectivity index (χ1) is 13.1. The molecule has 0 saturated carbocycles. The summed E-state index contributed by atoms with van der Waals surface area (Å²) in [5.74, 6) is 0. The molecule has 0 bridgehead atoms. The van der Waals surface area contributed by atoms with E-state index in [4.69, 9.17) is 0 Å². The molecule has 0 aliphatic rings. The maximum atomic E-state index is 2.50. The van der Waals surface area contributed by atoms with Crippen molar-refractivity contribution in [1.82, 2.24) is 4.57 Å². The van der Waals surface area contributed by atoms with E-state index >= 15 is 0 Å². The van der Waals surface area contributed by atoms with E-state index in [0.717, 1.165) is 0 Å². The van der Waals surface area contributed by atoms with Crippen molar-refractivity contribution in [3.8, 4) is 5.69 Å². The summed E-state index contributed by atoms with van der Waals surface area (Å²) in [6.45, 7) is 8.91. The third kappa shape index (κ3) is 2.18. The molecule has 0 fully saturated rings. The largest absolute Gasteiger partial charge is 0.308 e. The zero-order valence-corrected chi connectivity index (χ0v) is 16.3. The number of hydrogen-bond acceptors (Lipinski definition) is 0. The lowest BCUT2D eigenvalue weighted by Gasteiger charge is -2.14. The van der Waals surface area contributed by atoms with E-state index in [2.05, 4.69) is 99.0 Å². The zero-order chi connectivity index (χ0) is 18.7. The minimum atomic E-state index is 1.26. The van der Waals surface area contributed by atoms with E-state index in [1.54, 1.807) is 0 Å². The van der Waals surface area contributed by atoms with Crippen molar-refractivity contribution in [3.05, 3.63) is 89.0 Å². The molecule has 0 aliphatic carbocycles. The van der Waals surface area contributed by atoms with Crippen molar-refractivity contribution in [2.24, 2.45) is 0 Å². The Labute approximate surface area is 159 Å². The molecule has 5 rings (SSSR count). The highest BCUT2D eigenvalue weighted by atomic mass is 15.0. The Hall–Kier alpha value is -3.06.